The molecule has 3 aromatic rings. The second-order valence-electron chi connectivity index (χ2n) is 9.42. The number of carbonyl (C=O) groups is 3. The summed E-state index contributed by atoms with van der Waals surface area (Å²) in [4.78, 5) is 50.3. The molecule has 4 rings (SSSR count). The van der Waals surface area contributed by atoms with Crippen LogP contribution in [-0.4, -0.2) is 45.3 Å². The van der Waals surface area contributed by atoms with Gasteiger partial charge in [-0.05, 0) is 49.6 Å². The standard InChI is InChI=1S/C26H28N6O4S/c1-26(2,3)36-25(35)32-24-31-17(14-37-24)13-30-23-28-11-15(12-29-23)8-21(33)19-9-16-6-5-7-20(27-4)18(16)10-22(19)34/h5-7,9,11-12,14,27H,8,10,13H2,1-4H3,(H,28,29,30)(H,31,32,35). The average Bonchev–Trinajstić information content (AvgIpc) is 3.28. The van der Waals surface area contributed by atoms with Gasteiger partial charge in [-0.3, -0.25) is 14.9 Å². The summed E-state index contributed by atoms with van der Waals surface area (Å²) in [5.74, 6) is -0.0853. The summed E-state index contributed by atoms with van der Waals surface area (Å²) < 4.78 is 5.22. The number of nitrogens with zero attached hydrogens (tertiary/aromatic N) is 3. The molecule has 0 aliphatic heterocycles. The van der Waals surface area contributed by atoms with E-state index in [1.807, 2.05) is 18.2 Å². The summed E-state index contributed by atoms with van der Waals surface area (Å²) in [6.45, 7) is 5.71. The summed E-state index contributed by atoms with van der Waals surface area (Å²) in [6.07, 6.45) is 4.45. The second-order valence-corrected chi connectivity index (χ2v) is 10.3. The number of allylic oxidation sites excluding steroid dienone is 1. The molecular formula is C26H28N6O4S. The van der Waals surface area contributed by atoms with Gasteiger partial charge in [0.15, 0.2) is 16.7 Å². The molecule has 2 heterocycles. The largest absolute Gasteiger partial charge is 0.444 e. The smallest absolute Gasteiger partial charge is 0.413 e. The lowest BCUT2D eigenvalue weighted by molar-refractivity contribution is -0.120. The van der Waals surface area contributed by atoms with Gasteiger partial charge in [-0.25, -0.2) is 19.7 Å². The molecule has 1 aromatic carbocycles. The molecule has 1 aliphatic rings. The maximum Gasteiger partial charge on any atom is 0.413 e. The molecule has 0 saturated carbocycles. The minimum Gasteiger partial charge on any atom is -0.444 e. The highest BCUT2D eigenvalue weighted by Gasteiger charge is 2.25. The number of hydrogen-bond acceptors (Lipinski definition) is 10. The van der Waals surface area contributed by atoms with E-state index in [4.69, 9.17) is 4.74 Å². The quantitative estimate of drug-likeness (QED) is 0.372. The molecule has 0 radical (unpaired) electrons. The second kappa shape index (κ2) is 10.9. The van der Waals surface area contributed by atoms with Crippen molar-refractivity contribution in [2.24, 2.45) is 0 Å². The van der Waals surface area contributed by atoms with E-state index >= 15 is 0 Å². The van der Waals surface area contributed by atoms with Crippen molar-refractivity contribution >= 4 is 51.8 Å². The lowest BCUT2D eigenvalue weighted by Gasteiger charge is -2.18. The van der Waals surface area contributed by atoms with Gasteiger partial charge < -0.3 is 15.4 Å². The number of amides is 1. The number of benzene rings is 1. The Morgan fingerprint density at radius 2 is 1.92 bits per heavy atom. The first kappa shape index (κ1) is 26.0. The Morgan fingerprint density at radius 1 is 1.16 bits per heavy atom. The van der Waals surface area contributed by atoms with Gasteiger partial charge in [-0.2, -0.15) is 0 Å². The lowest BCUT2D eigenvalue weighted by Crippen LogP contribution is -2.27. The van der Waals surface area contributed by atoms with Crippen LogP contribution in [0.15, 0.2) is 41.5 Å². The zero-order valence-electron chi connectivity index (χ0n) is 21.0. The lowest BCUT2D eigenvalue weighted by atomic mass is 9.87. The maximum atomic E-state index is 12.9. The van der Waals surface area contributed by atoms with Crippen LogP contribution in [0.4, 0.5) is 21.6 Å². The Bertz CT molecular complexity index is 1360. The molecule has 0 saturated heterocycles. The zero-order chi connectivity index (χ0) is 26.6. The number of aromatic nitrogens is 3. The molecular weight excluding hydrogens is 492 g/mol. The van der Waals surface area contributed by atoms with E-state index in [2.05, 4.69) is 30.9 Å². The number of fused-ring (bicyclic) bond motifs is 1. The third-order valence-corrected chi connectivity index (χ3v) is 6.18. The summed E-state index contributed by atoms with van der Waals surface area (Å²) in [5, 5.41) is 11.0. The number of ether oxygens (including phenoxy) is 1. The predicted octanol–water partition coefficient (Wildman–Crippen LogP) is 4.25. The summed E-state index contributed by atoms with van der Waals surface area (Å²) >= 11 is 1.28. The summed E-state index contributed by atoms with van der Waals surface area (Å²) in [6, 6.07) is 5.70. The highest BCUT2D eigenvalue weighted by molar-refractivity contribution is 7.13. The SMILES string of the molecule is CNc1cccc2c1CC(=O)C(C(=O)Cc1cnc(NCc3csc(NC(=O)OC(C)(C)C)n3)nc1)=C2. The third kappa shape index (κ3) is 6.76. The predicted molar refractivity (Wildman–Crippen MR) is 143 cm³/mol. The van der Waals surface area contributed by atoms with Crippen LogP contribution in [0.5, 0.6) is 0 Å². The molecule has 0 fully saturated rings. The van der Waals surface area contributed by atoms with Crippen molar-refractivity contribution < 1.29 is 19.1 Å². The molecule has 3 N–H and O–H groups in total. The average molecular weight is 521 g/mol. The van der Waals surface area contributed by atoms with Crippen molar-refractivity contribution in [2.75, 3.05) is 23.0 Å². The first-order valence-corrected chi connectivity index (χ1v) is 12.6. The highest BCUT2D eigenvalue weighted by atomic mass is 32.1. The molecule has 37 heavy (non-hydrogen) atoms. The van der Waals surface area contributed by atoms with Crippen molar-refractivity contribution in [3.8, 4) is 0 Å². The van der Waals surface area contributed by atoms with Gasteiger partial charge in [-0.1, -0.05) is 12.1 Å². The molecule has 2 aromatic heterocycles. The van der Waals surface area contributed by atoms with Gasteiger partial charge in [0, 0.05) is 43.4 Å². The van der Waals surface area contributed by atoms with E-state index in [0.717, 1.165) is 16.8 Å². The monoisotopic (exact) mass is 520 g/mol. The fraction of sp³-hybridized carbons (Fsp3) is 0.308. The number of ketones is 2. The van der Waals surface area contributed by atoms with Crippen LogP contribution in [0.2, 0.25) is 0 Å². The Hall–Kier alpha value is -4.12. The maximum absolute atomic E-state index is 12.9. The Morgan fingerprint density at radius 3 is 2.62 bits per heavy atom. The number of hydrogen-bond donors (Lipinski definition) is 3. The van der Waals surface area contributed by atoms with Gasteiger partial charge in [0.2, 0.25) is 5.95 Å². The van der Waals surface area contributed by atoms with E-state index in [0.29, 0.717) is 28.9 Å². The number of carbonyl (C=O) groups excluding carboxylic acids is 3. The first-order valence-electron chi connectivity index (χ1n) is 11.7. The molecule has 0 unspecified atom stereocenters. The zero-order valence-corrected chi connectivity index (χ0v) is 21.9. The van der Waals surface area contributed by atoms with Gasteiger partial charge >= 0.3 is 6.09 Å². The third-order valence-electron chi connectivity index (χ3n) is 5.38. The molecule has 0 atom stereocenters. The number of thiazole rings is 1. The van der Waals surface area contributed by atoms with E-state index < -0.39 is 11.7 Å². The minimum absolute atomic E-state index is 0.0324. The van der Waals surface area contributed by atoms with Crippen LogP contribution < -0.4 is 16.0 Å². The normalized spacial score (nSPS) is 12.9. The van der Waals surface area contributed by atoms with Gasteiger partial charge in [-0.15, -0.1) is 11.3 Å². The fourth-order valence-electron chi connectivity index (χ4n) is 3.72. The molecule has 0 spiro atoms. The number of Topliss-reactive ketones (excluding diaryl/α,β-unsaturated/α-hetero) is 2. The van der Waals surface area contributed by atoms with Crippen molar-refractivity contribution in [3.63, 3.8) is 0 Å². The van der Waals surface area contributed by atoms with Crippen LogP contribution in [0, 0.1) is 0 Å². The Kier molecular flexibility index (Phi) is 7.63. The Balaban J connectivity index is 1.32. The van der Waals surface area contributed by atoms with Crippen LogP contribution in [0.25, 0.3) is 6.08 Å². The summed E-state index contributed by atoms with van der Waals surface area (Å²) in [5.41, 5.74) is 3.57. The first-order chi connectivity index (χ1) is 17.6. The van der Waals surface area contributed by atoms with Crippen molar-refractivity contribution in [1.29, 1.82) is 0 Å². The van der Waals surface area contributed by atoms with Crippen molar-refractivity contribution in [2.45, 2.75) is 45.8 Å². The van der Waals surface area contributed by atoms with Gasteiger partial charge in [0.1, 0.15) is 5.60 Å². The molecule has 11 heteroatoms. The van der Waals surface area contributed by atoms with E-state index in [1.54, 1.807) is 51.7 Å². The minimum atomic E-state index is -0.593. The van der Waals surface area contributed by atoms with Crippen LogP contribution >= 0.6 is 11.3 Å². The molecule has 1 amide bonds. The Labute approximate surface area is 218 Å². The van der Waals surface area contributed by atoms with E-state index in [9.17, 15) is 14.4 Å². The van der Waals surface area contributed by atoms with Crippen molar-refractivity contribution in [3.05, 3.63) is 63.9 Å². The highest BCUT2D eigenvalue weighted by Crippen LogP contribution is 2.28. The number of rotatable bonds is 8. The summed E-state index contributed by atoms with van der Waals surface area (Å²) in [7, 11) is 1.81. The molecule has 1 aliphatic carbocycles. The molecule has 0 bridgehead atoms. The number of anilines is 3. The van der Waals surface area contributed by atoms with Crippen LogP contribution in [-0.2, 0) is 33.7 Å². The van der Waals surface area contributed by atoms with Gasteiger partial charge in [0.05, 0.1) is 17.8 Å². The van der Waals surface area contributed by atoms with E-state index in [1.165, 1.54) is 11.3 Å². The van der Waals surface area contributed by atoms with Crippen molar-refractivity contribution in [1.82, 2.24) is 15.0 Å². The van der Waals surface area contributed by atoms with E-state index in [-0.39, 0.29) is 30.0 Å². The topological polar surface area (TPSA) is 135 Å². The molecule has 192 valence electrons. The number of nitrogens with one attached hydrogen (secondary N) is 3. The fourth-order valence-corrected chi connectivity index (χ4v) is 4.42. The van der Waals surface area contributed by atoms with Gasteiger partial charge in [0.25, 0.3) is 0 Å². The molecule has 10 nitrogen and oxygen atoms in total. The van der Waals surface area contributed by atoms with Crippen LogP contribution in [0.3, 0.4) is 0 Å². The van der Waals surface area contributed by atoms with Crippen LogP contribution in [0.1, 0.15) is 43.2 Å².